The van der Waals surface area contributed by atoms with Crippen LogP contribution in [0, 0.1) is 0 Å². The van der Waals surface area contributed by atoms with E-state index < -0.39 is 10.0 Å². The Morgan fingerprint density at radius 2 is 2.38 bits per heavy atom. The predicted molar refractivity (Wildman–Crippen MR) is 71.2 cm³/mol. The summed E-state index contributed by atoms with van der Waals surface area (Å²) in [6.07, 6.45) is 0.667. The fourth-order valence-electron chi connectivity index (χ4n) is 1.34. The van der Waals surface area contributed by atoms with Gasteiger partial charge in [-0.05, 0) is 35.7 Å². The van der Waals surface area contributed by atoms with Gasteiger partial charge in [0.2, 0.25) is 10.0 Å². The van der Waals surface area contributed by atoms with Crippen molar-refractivity contribution in [2.24, 2.45) is 5.73 Å². The Kier molecular flexibility index (Phi) is 4.85. The molecule has 3 N–H and O–H groups in total. The number of nitrogens with two attached hydrogens (primary N) is 1. The van der Waals surface area contributed by atoms with Crippen LogP contribution in [-0.4, -0.2) is 25.2 Å². The largest absolute Gasteiger partial charge is 0.392 e. The van der Waals surface area contributed by atoms with Crippen molar-refractivity contribution in [3.05, 3.63) is 22.4 Å². The summed E-state index contributed by atoms with van der Waals surface area (Å²) in [7, 11) is -3.40. The molecule has 0 radical (unpaired) electrons. The minimum Gasteiger partial charge on any atom is -0.392 e. The van der Waals surface area contributed by atoms with E-state index in [0.717, 1.165) is 5.56 Å². The lowest BCUT2D eigenvalue weighted by Crippen LogP contribution is -2.38. The zero-order valence-corrected chi connectivity index (χ0v) is 11.3. The number of thiophene rings is 1. The van der Waals surface area contributed by atoms with Crippen LogP contribution in [0.3, 0.4) is 0 Å². The van der Waals surface area contributed by atoms with Crippen LogP contribution in [0.4, 0.5) is 0 Å². The van der Waals surface area contributed by atoms with Crippen molar-refractivity contribution in [1.82, 2.24) is 4.72 Å². The molecule has 0 spiro atoms. The second-order valence-electron chi connectivity index (χ2n) is 3.58. The molecule has 0 amide bonds. The van der Waals surface area contributed by atoms with Crippen molar-refractivity contribution in [3.8, 4) is 0 Å². The van der Waals surface area contributed by atoms with Crippen LogP contribution in [0.2, 0.25) is 0 Å². The van der Waals surface area contributed by atoms with E-state index in [2.05, 4.69) is 16.9 Å². The Morgan fingerprint density at radius 3 is 2.88 bits per heavy atom. The fraction of sp³-hybridized carbons (Fsp3) is 0.444. The zero-order valence-electron chi connectivity index (χ0n) is 8.84. The lowest BCUT2D eigenvalue weighted by molar-refractivity contribution is 0.564. The Bertz CT molecular complexity index is 439. The molecule has 1 aromatic heterocycles. The van der Waals surface area contributed by atoms with E-state index in [1.54, 1.807) is 11.3 Å². The molecule has 0 bridgehead atoms. The van der Waals surface area contributed by atoms with Gasteiger partial charge in [-0.2, -0.15) is 11.3 Å². The number of thiocarbonyl (C=S) groups is 1. The molecule has 0 aliphatic carbocycles. The van der Waals surface area contributed by atoms with Crippen molar-refractivity contribution < 1.29 is 8.42 Å². The first-order valence-electron chi connectivity index (χ1n) is 4.68. The average Bonchev–Trinajstić information content (AvgIpc) is 2.51. The summed E-state index contributed by atoms with van der Waals surface area (Å²) < 4.78 is 25.5. The molecule has 0 saturated carbocycles. The third-order valence-corrected chi connectivity index (χ3v) is 4.35. The normalized spacial score (nSPS) is 13.6. The molecule has 1 atom stereocenters. The Hall–Kier alpha value is -0.500. The fourth-order valence-corrected chi connectivity index (χ4v) is 3.64. The molecular formula is C9H14N2O2S3. The monoisotopic (exact) mass is 278 g/mol. The molecule has 16 heavy (non-hydrogen) atoms. The lowest BCUT2D eigenvalue weighted by atomic mass is 10.1. The summed E-state index contributed by atoms with van der Waals surface area (Å²) in [6, 6.07) is 1.82. The van der Waals surface area contributed by atoms with Gasteiger partial charge in [0, 0.05) is 6.04 Å². The van der Waals surface area contributed by atoms with E-state index in [4.69, 9.17) is 5.73 Å². The van der Waals surface area contributed by atoms with Gasteiger partial charge < -0.3 is 5.73 Å². The van der Waals surface area contributed by atoms with Crippen LogP contribution < -0.4 is 10.5 Å². The molecule has 1 aromatic rings. The van der Waals surface area contributed by atoms with Gasteiger partial charge in [-0.25, -0.2) is 13.1 Å². The van der Waals surface area contributed by atoms with Crippen molar-refractivity contribution in [2.45, 2.75) is 19.4 Å². The molecular weight excluding hydrogens is 264 g/mol. The summed E-state index contributed by atoms with van der Waals surface area (Å²) in [6.45, 7) is 1.81. The summed E-state index contributed by atoms with van der Waals surface area (Å²) in [5.74, 6) is -0.295. The third-order valence-electron chi connectivity index (χ3n) is 1.84. The molecule has 0 aromatic carbocycles. The maximum atomic E-state index is 11.5. The zero-order chi connectivity index (χ0) is 12.2. The minimum absolute atomic E-state index is 0.0183. The van der Waals surface area contributed by atoms with Gasteiger partial charge in [0.05, 0.1) is 4.99 Å². The summed E-state index contributed by atoms with van der Waals surface area (Å²) >= 11 is 6.16. The van der Waals surface area contributed by atoms with E-state index in [1.165, 1.54) is 0 Å². The maximum absolute atomic E-state index is 11.5. The van der Waals surface area contributed by atoms with E-state index in [-0.39, 0.29) is 16.8 Å². The van der Waals surface area contributed by atoms with E-state index in [9.17, 15) is 8.42 Å². The molecule has 1 heterocycles. The van der Waals surface area contributed by atoms with Gasteiger partial charge in [-0.1, -0.05) is 12.2 Å². The smallest absolute Gasteiger partial charge is 0.218 e. The number of hydrogen-bond acceptors (Lipinski definition) is 4. The van der Waals surface area contributed by atoms with Gasteiger partial charge >= 0.3 is 0 Å². The Labute approximate surface area is 105 Å². The maximum Gasteiger partial charge on any atom is 0.218 e. The van der Waals surface area contributed by atoms with Crippen LogP contribution in [-0.2, 0) is 16.4 Å². The molecule has 1 rings (SSSR count). The van der Waals surface area contributed by atoms with E-state index in [0.29, 0.717) is 6.42 Å². The van der Waals surface area contributed by atoms with Gasteiger partial charge in [0.15, 0.2) is 0 Å². The van der Waals surface area contributed by atoms with Crippen molar-refractivity contribution >= 4 is 38.6 Å². The number of rotatable bonds is 6. The van der Waals surface area contributed by atoms with Crippen molar-refractivity contribution in [1.29, 1.82) is 0 Å². The first kappa shape index (κ1) is 13.6. The number of hydrogen-bond donors (Lipinski definition) is 2. The van der Waals surface area contributed by atoms with E-state index in [1.807, 2.05) is 23.8 Å². The molecule has 0 aliphatic heterocycles. The van der Waals surface area contributed by atoms with E-state index >= 15 is 0 Å². The highest BCUT2D eigenvalue weighted by Gasteiger charge is 2.15. The Morgan fingerprint density at radius 1 is 1.69 bits per heavy atom. The minimum atomic E-state index is -3.40. The number of sulfonamides is 1. The van der Waals surface area contributed by atoms with Gasteiger partial charge in [0.1, 0.15) is 5.75 Å². The van der Waals surface area contributed by atoms with Crippen LogP contribution in [0.15, 0.2) is 16.8 Å². The highest BCUT2D eigenvalue weighted by atomic mass is 32.2. The van der Waals surface area contributed by atoms with Crippen LogP contribution in [0.5, 0.6) is 0 Å². The lowest BCUT2D eigenvalue weighted by Gasteiger charge is -2.12. The highest BCUT2D eigenvalue weighted by Crippen LogP contribution is 2.08. The molecule has 4 nitrogen and oxygen atoms in total. The van der Waals surface area contributed by atoms with Crippen molar-refractivity contribution in [3.63, 3.8) is 0 Å². The van der Waals surface area contributed by atoms with Crippen LogP contribution in [0.1, 0.15) is 12.5 Å². The average molecular weight is 278 g/mol. The molecule has 0 fully saturated rings. The SMILES string of the molecule is CC(Cc1ccsc1)NS(=O)(=O)CC(N)=S. The molecule has 7 heteroatoms. The second-order valence-corrected chi connectivity index (χ2v) is 6.64. The summed E-state index contributed by atoms with van der Waals surface area (Å²) in [4.78, 5) is -0.0183. The number of nitrogens with one attached hydrogen (secondary N) is 1. The molecule has 0 saturated heterocycles. The van der Waals surface area contributed by atoms with Gasteiger partial charge in [0.25, 0.3) is 0 Å². The quantitative estimate of drug-likeness (QED) is 0.758. The molecule has 90 valence electrons. The summed E-state index contributed by atoms with van der Waals surface area (Å²) in [5, 5.41) is 3.96. The highest BCUT2D eigenvalue weighted by molar-refractivity contribution is 7.92. The summed E-state index contributed by atoms with van der Waals surface area (Å²) in [5.41, 5.74) is 6.33. The third kappa shape index (κ3) is 5.02. The Balaban J connectivity index is 2.51. The first-order chi connectivity index (χ1) is 7.39. The van der Waals surface area contributed by atoms with Crippen LogP contribution in [0.25, 0.3) is 0 Å². The van der Waals surface area contributed by atoms with Gasteiger partial charge in [-0.15, -0.1) is 0 Å². The molecule has 0 aliphatic rings. The second kappa shape index (κ2) is 5.72. The molecule has 1 unspecified atom stereocenters. The standard InChI is InChI=1S/C9H14N2O2S3/c1-7(4-8-2-3-15-5-8)11-16(12,13)6-9(10)14/h2-3,5,7,11H,4,6H2,1H3,(H2,10,14). The van der Waals surface area contributed by atoms with Crippen LogP contribution >= 0.6 is 23.6 Å². The predicted octanol–water partition coefficient (Wildman–Crippen LogP) is 0.885. The topological polar surface area (TPSA) is 72.2 Å². The van der Waals surface area contributed by atoms with Crippen molar-refractivity contribution in [2.75, 3.05) is 5.75 Å². The van der Waals surface area contributed by atoms with Gasteiger partial charge in [-0.3, -0.25) is 0 Å². The first-order valence-corrected chi connectivity index (χ1v) is 7.69.